The number of hydrogen-bond acceptors (Lipinski definition) is 4. The lowest BCUT2D eigenvalue weighted by Gasteiger charge is -2.33. The molecule has 8 heteroatoms. The van der Waals surface area contributed by atoms with Gasteiger partial charge in [0.1, 0.15) is 5.82 Å². The van der Waals surface area contributed by atoms with Crippen molar-refractivity contribution in [3.05, 3.63) is 70.0 Å². The molecule has 0 bridgehead atoms. The second-order valence-electron chi connectivity index (χ2n) is 8.20. The maximum atomic E-state index is 14.9. The van der Waals surface area contributed by atoms with Crippen LogP contribution in [0.4, 0.5) is 4.39 Å². The van der Waals surface area contributed by atoms with E-state index >= 15 is 0 Å². The molecule has 1 saturated heterocycles. The van der Waals surface area contributed by atoms with E-state index in [-0.39, 0.29) is 37.5 Å². The van der Waals surface area contributed by atoms with Crippen molar-refractivity contribution in [3.8, 4) is 0 Å². The molecule has 4 rings (SSSR count). The van der Waals surface area contributed by atoms with Crippen LogP contribution in [0.5, 0.6) is 0 Å². The Morgan fingerprint density at radius 3 is 2.72 bits per heavy atom. The highest BCUT2D eigenvalue weighted by Crippen LogP contribution is 2.41. The fourth-order valence-corrected chi connectivity index (χ4v) is 4.94. The highest BCUT2D eigenvalue weighted by Gasteiger charge is 2.55. The summed E-state index contributed by atoms with van der Waals surface area (Å²) < 4.78 is 19.9. The van der Waals surface area contributed by atoms with Crippen molar-refractivity contribution in [3.63, 3.8) is 0 Å². The Kier molecular flexibility index (Phi) is 6.31. The number of imide groups is 1. The molecule has 2 aromatic rings. The summed E-state index contributed by atoms with van der Waals surface area (Å²) in [4.78, 5) is 42.3. The molecule has 1 atom stereocenters. The van der Waals surface area contributed by atoms with E-state index in [1.807, 2.05) is 18.2 Å². The van der Waals surface area contributed by atoms with Crippen molar-refractivity contribution in [2.75, 3.05) is 26.8 Å². The molecular formula is C24H24ClFN2O4. The minimum absolute atomic E-state index is 0.0636. The molecule has 3 amide bonds. The summed E-state index contributed by atoms with van der Waals surface area (Å²) >= 11 is 6.28. The Morgan fingerprint density at radius 2 is 1.97 bits per heavy atom. The van der Waals surface area contributed by atoms with E-state index in [0.29, 0.717) is 24.5 Å². The van der Waals surface area contributed by atoms with E-state index in [1.165, 1.54) is 25.3 Å². The number of halogens is 2. The number of carbonyl (C=O) groups excluding carboxylic acids is 3. The molecule has 168 valence electrons. The van der Waals surface area contributed by atoms with Crippen molar-refractivity contribution in [2.45, 2.75) is 31.2 Å². The Bertz CT molecular complexity index is 1080. The van der Waals surface area contributed by atoms with E-state index in [9.17, 15) is 18.8 Å². The Labute approximate surface area is 190 Å². The first-order valence-electron chi connectivity index (χ1n) is 10.5. The summed E-state index contributed by atoms with van der Waals surface area (Å²) in [5, 5.41) is 0.669. The molecule has 2 aromatic carbocycles. The maximum absolute atomic E-state index is 14.9. The van der Waals surface area contributed by atoms with Crippen LogP contribution >= 0.6 is 11.6 Å². The molecule has 32 heavy (non-hydrogen) atoms. The summed E-state index contributed by atoms with van der Waals surface area (Å²) in [6.07, 6.45) is 0.0661. The van der Waals surface area contributed by atoms with Crippen molar-refractivity contribution in [1.29, 1.82) is 0 Å². The van der Waals surface area contributed by atoms with Crippen molar-refractivity contribution < 1.29 is 23.5 Å². The maximum Gasteiger partial charge on any atom is 0.241 e. The second kappa shape index (κ2) is 9.00. The van der Waals surface area contributed by atoms with Gasteiger partial charge < -0.3 is 9.64 Å². The minimum Gasteiger partial charge on any atom is -0.383 e. The average molecular weight is 459 g/mol. The molecule has 0 spiro atoms. The fourth-order valence-electron chi connectivity index (χ4n) is 4.65. The number of ether oxygens (including phenoxy) is 1. The zero-order valence-electron chi connectivity index (χ0n) is 17.8. The SMILES string of the molecule is COCCN1C(=O)CC(CC(=O)N2CCc3c(Cl)cccc3C2)(c2ccccc2F)C1=O. The van der Waals surface area contributed by atoms with Gasteiger partial charge in [0.25, 0.3) is 0 Å². The molecule has 2 aliphatic heterocycles. The molecule has 1 unspecified atom stereocenters. The van der Waals surface area contributed by atoms with E-state index in [4.69, 9.17) is 16.3 Å². The number of fused-ring (bicyclic) bond motifs is 1. The summed E-state index contributed by atoms with van der Waals surface area (Å²) in [5.74, 6) is -1.89. The smallest absolute Gasteiger partial charge is 0.241 e. The lowest BCUT2D eigenvalue weighted by atomic mass is 9.75. The van der Waals surface area contributed by atoms with Gasteiger partial charge in [-0.2, -0.15) is 0 Å². The third-order valence-electron chi connectivity index (χ3n) is 6.33. The first-order chi connectivity index (χ1) is 15.4. The largest absolute Gasteiger partial charge is 0.383 e. The lowest BCUT2D eigenvalue weighted by Crippen LogP contribution is -2.45. The molecule has 2 aliphatic rings. The highest BCUT2D eigenvalue weighted by molar-refractivity contribution is 6.31. The summed E-state index contributed by atoms with van der Waals surface area (Å²) in [6, 6.07) is 11.4. The Balaban J connectivity index is 1.65. The lowest BCUT2D eigenvalue weighted by molar-refractivity contribution is -0.143. The first-order valence-corrected chi connectivity index (χ1v) is 10.9. The van der Waals surface area contributed by atoms with E-state index in [2.05, 4.69) is 0 Å². The van der Waals surface area contributed by atoms with Crippen LogP contribution in [0.1, 0.15) is 29.5 Å². The number of likely N-dealkylation sites (tertiary alicyclic amines) is 1. The molecule has 6 nitrogen and oxygen atoms in total. The van der Waals surface area contributed by atoms with Crippen LogP contribution in [0.2, 0.25) is 5.02 Å². The van der Waals surface area contributed by atoms with Gasteiger partial charge in [0, 0.05) is 43.6 Å². The summed E-state index contributed by atoms with van der Waals surface area (Å²) in [7, 11) is 1.47. The normalized spacial score (nSPS) is 20.6. The van der Waals surface area contributed by atoms with Crippen molar-refractivity contribution in [1.82, 2.24) is 9.80 Å². The summed E-state index contributed by atoms with van der Waals surface area (Å²) in [6.45, 7) is 1.03. The number of nitrogens with zero attached hydrogens (tertiary/aromatic N) is 2. The van der Waals surface area contributed by atoms with Gasteiger partial charge in [-0.15, -0.1) is 0 Å². The van der Waals surface area contributed by atoms with Gasteiger partial charge in [0.2, 0.25) is 17.7 Å². The molecule has 2 heterocycles. The van der Waals surface area contributed by atoms with Gasteiger partial charge in [-0.05, 0) is 29.7 Å². The van der Waals surface area contributed by atoms with Crippen molar-refractivity contribution >= 4 is 29.3 Å². The minimum atomic E-state index is -1.57. The Hall–Kier alpha value is -2.77. The van der Waals surface area contributed by atoms with Crippen LogP contribution in [0.25, 0.3) is 0 Å². The number of amides is 3. The number of rotatable bonds is 6. The average Bonchev–Trinajstić information content (AvgIpc) is 3.02. The van der Waals surface area contributed by atoms with Crippen LogP contribution in [-0.2, 0) is 37.5 Å². The third kappa shape index (κ3) is 3.91. The highest BCUT2D eigenvalue weighted by atomic mass is 35.5. The third-order valence-corrected chi connectivity index (χ3v) is 6.69. The monoisotopic (exact) mass is 458 g/mol. The topological polar surface area (TPSA) is 66.9 Å². The molecule has 0 saturated carbocycles. The molecule has 0 aliphatic carbocycles. The van der Waals surface area contributed by atoms with Crippen molar-refractivity contribution in [2.24, 2.45) is 0 Å². The van der Waals surface area contributed by atoms with Crippen LogP contribution < -0.4 is 0 Å². The first kappa shape index (κ1) is 22.4. The molecule has 0 radical (unpaired) electrons. The van der Waals surface area contributed by atoms with Crippen LogP contribution in [0.15, 0.2) is 42.5 Å². The number of carbonyl (C=O) groups is 3. The van der Waals surface area contributed by atoms with Crippen LogP contribution in [-0.4, -0.2) is 54.3 Å². The number of methoxy groups -OCH3 is 1. The number of benzene rings is 2. The van der Waals surface area contributed by atoms with Crippen LogP contribution in [0, 0.1) is 5.82 Å². The summed E-state index contributed by atoms with van der Waals surface area (Å²) in [5.41, 5.74) is 0.474. The zero-order chi connectivity index (χ0) is 22.9. The van der Waals surface area contributed by atoms with Gasteiger partial charge in [-0.3, -0.25) is 19.3 Å². The van der Waals surface area contributed by atoms with Crippen LogP contribution in [0.3, 0.4) is 0 Å². The van der Waals surface area contributed by atoms with Gasteiger partial charge in [-0.25, -0.2) is 4.39 Å². The molecule has 0 N–H and O–H groups in total. The zero-order valence-corrected chi connectivity index (χ0v) is 18.5. The van der Waals surface area contributed by atoms with Gasteiger partial charge in [0.05, 0.1) is 18.6 Å². The standard InChI is InChI=1S/C24H24ClFN2O4/c1-32-12-11-28-22(30)14-24(23(28)31,18-6-2-3-8-20(18)26)13-21(29)27-10-9-17-16(15-27)5-4-7-19(17)25/h2-8H,9-15H2,1H3. The Morgan fingerprint density at radius 1 is 1.19 bits per heavy atom. The van der Waals surface area contributed by atoms with E-state index in [0.717, 1.165) is 16.0 Å². The number of hydrogen-bond donors (Lipinski definition) is 0. The van der Waals surface area contributed by atoms with Gasteiger partial charge >= 0.3 is 0 Å². The van der Waals surface area contributed by atoms with Gasteiger partial charge in [0.15, 0.2) is 0 Å². The predicted molar refractivity (Wildman–Crippen MR) is 116 cm³/mol. The van der Waals surface area contributed by atoms with E-state index < -0.39 is 23.0 Å². The van der Waals surface area contributed by atoms with E-state index in [1.54, 1.807) is 11.0 Å². The molecule has 1 fully saturated rings. The molecule has 0 aromatic heterocycles. The second-order valence-corrected chi connectivity index (χ2v) is 8.61. The fraction of sp³-hybridized carbons (Fsp3) is 0.375. The predicted octanol–water partition coefficient (Wildman–Crippen LogP) is 3.10. The quantitative estimate of drug-likeness (QED) is 0.624. The van der Waals surface area contributed by atoms with Gasteiger partial charge in [-0.1, -0.05) is 41.9 Å². The molecular weight excluding hydrogens is 435 g/mol.